The van der Waals surface area contributed by atoms with Crippen molar-refractivity contribution in [1.82, 2.24) is 0 Å². The highest BCUT2D eigenvalue weighted by Crippen LogP contribution is 2.15. The quantitative estimate of drug-likeness (QED) is 0.0345. The first kappa shape index (κ1) is 66.8. The summed E-state index contributed by atoms with van der Waals surface area (Å²) in [6.45, 7) is 7.64. The Morgan fingerprint density at radius 2 is 0.643 bits per heavy atom. The van der Waals surface area contributed by atoms with E-state index in [0.717, 1.165) is 96.3 Å². The highest BCUT2D eigenvalue weighted by Gasteiger charge is 2.17. The van der Waals surface area contributed by atoms with Crippen molar-refractivity contribution in [2.24, 2.45) is 0 Å². The van der Waals surface area contributed by atoms with Crippen LogP contribution in [0.25, 0.3) is 0 Å². The van der Waals surface area contributed by atoms with Crippen molar-refractivity contribution in [3.8, 4) is 0 Å². The van der Waals surface area contributed by atoms with Crippen molar-refractivity contribution in [3.05, 3.63) is 97.2 Å². The molecule has 0 heterocycles. The molecular weight excluding hydrogens is 861 g/mol. The van der Waals surface area contributed by atoms with Crippen LogP contribution in [0.1, 0.15) is 278 Å². The average Bonchev–Trinajstić information content (AvgIpc) is 3.36. The zero-order chi connectivity index (χ0) is 50.6. The van der Waals surface area contributed by atoms with E-state index in [9.17, 15) is 9.59 Å². The van der Waals surface area contributed by atoms with E-state index in [1.807, 2.05) is 0 Å². The van der Waals surface area contributed by atoms with E-state index in [4.69, 9.17) is 14.2 Å². The molecule has 0 fully saturated rings. The molecule has 0 aromatic rings. The molecule has 0 rings (SSSR count). The first-order chi connectivity index (χ1) is 34.6. The number of hydrogen-bond acceptors (Lipinski definition) is 5. The molecule has 402 valence electrons. The largest absolute Gasteiger partial charge is 0.462 e. The number of allylic oxidation sites excluding steroid dienone is 16. The first-order valence-corrected chi connectivity index (χ1v) is 29.8. The summed E-state index contributed by atoms with van der Waals surface area (Å²) in [6, 6.07) is 0. The van der Waals surface area contributed by atoms with Gasteiger partial charge in [-0.05, 0) is 122 Å². The maximum atomic E-state index is 12.9. The molecule has 0 aliphatic carbocycles. The lowest BCUT2D eigenvalue weighted by Gasteiger charge is -2.18. The maximum Gasteiger partial charge on any atom is 0.306 e. The number of hydrogen-bond donors (Lipinski definition) is 0. The molecule has 0 aliphatic rings. The van der Waals surface area contributed by atoms with Crippen LogP contribution in [0.4, 0.5) is 0 Å². The molecule has 0 saturated carbocycles. The van der Waals surface area contributed by atoms with Gasteiger partial charge in [0, 0.05) is 19.4 Å². The van der Waals surface area contributed by atoms with E-state index in [-0.39, 0.29) is 25.2 Å². The molecule has 0 N–H and O–H groups in total. The summed E-state index contributed by atoms with van der Waals surface area (Å²) in [5, 5.41) is 0. The van der Waals surface area contributed by atoms with Crippen molar-refractivity contribution < 1.29 is 23.8 Å². The van der Waals surface area contributed by atoms with Crippen molar-refractivity contribution in [2.75, 3.05) is 19.8 Å². The van der Waals surface area contributed by atoms with Gasteiger partial charge >= 0.3 is 11.9 Å². The Hall–Kier alpha value is -3.18. The van der Waals surface area contributed by atoms with Crippen LogP contribution in [0.3, 0.4) is 0 Å². The van der Waals surface area contributed by atoms with Gasteiger partial charge in [-0.2, -0.15) is 0 Å². The third kappa shape index (κ3) is 57.4. The zero-order valence-corrected chi connectivity index (χ0v) is 46.3. The van der Waals surface area contributed by atoms with E-state index in [2.05, 4.69) is 118 Å². The Morgan fingerprint density at radius 3 is 1.03 bits per heavy atom. The molecule has 0 amide bonds. The number of unbranched alkanes of at least 4 members (excludes halogenated alkanes) is 27. The molecule has 70 heavy (non-hydrogen) atoms. The van der Waals surface area contributed by atoms with Gasteiger partial charge in [-0.3, -0.25) is 9.59 Å². The molecule has 5 heteroatoms. The summed E-state index contributed by atoms with van der Waals surface area (Å²) >= 11 is 0. The van der Waals surface area contributed by atoms with Gasteiger partial charge in [0.15, 0.2) is 6.10 Å². The molecule has 0 saturated heterocycles. The van der Waals surface area contributed by atoms with Gasteiger partial charge in [0.2, 0.25) is 0 Å². The SMILES string of the molecule is CC/C=C\C/C=C\C/C=C\C/C=C\CCCCCCCCC(=O)OCC(COCCCCCCCC/C=C\C/C=C\CCCCC)OC(=O)CCCCCCCCCCC/C=C\C/C=C\CCCCC. The van der Waals surface area contributed by atoms with Crippen LogP contribution >= 0.6 is 0 Å². The lowest BCUT2D eigenvalue weighted by atomic mass is 10.1. The standard InChI is InChI=1S/C65H112O5/c1-4-7-10-13-16-19-22-25-28-31-33-35-37-40-43-46-49-52-55-58-64(66)69-62-63(61-68-60-57-54-51-48-45-42-39-30-27-24-21-18-15-12-9-6-3)70-65(67)59-56-53-50-47-44-41-38-36-34-32-29-26-23-20-17-14-11-8-5-2/h7,10,16-21,25-30,33,35,63H,4-6,8-9,11-15,22-24,31-32,34,36-62H2,1-3H3/b10-7-,19-16-,20-17-,21-18-,28-25-,29-26-,30-27-,35-33-. The van der Waals surface area contributed by atoms with Gasteiger partial charge in [0.1, 0.15) is 6.61 Å². The van der Waals surface area contributed by atoms with E-state index >= 15 is 0 Å². The highest BCUT2D eigenvalue weighted by atomic mass is 16.6. The average molecular weight is 974 g/mol. The molecule has 0 aromatic carbocycles. The van der Waals surface area contributed by atoms with Gasteiger partial charge < -0.3 is 14.2 Å². The normalized spacial score (nSPS) is 12.9. The van der Waals surface area contributed by atoms with Crippen molar-refractivity contribution >= 4 is 11.9 Å². The van der Waals surface area contributed by atoms with Crippen LogP contribution in [0.5, 0.6) is 0 Å². The Labute approximate surface area is 434 Å². The van der Waals surface area contributed by atoms with Crippen molar-refractivity contribution in [3.63, 3.8) is 0 Å². The molecule has 1 unspecified atom stereocenters. The van der Waals surface area contributed by atoms with Gasteiger partial charge in [0.05, 0.1) is 6.61 Å². The summed E-state index contributed by atoms with van der Waals surface area (Å²) in [6.07, 6.45) is 81.4. The summed E-state index contributed by atoms with van der Waals surface area (Å²) in [5.41, 5.74) is 0. The first-order valence-electron chi connectivity index (χ1n) is 29.8. The lowest BCUT2D eigenvalue weighted by Crippen LogP contribution is -2.30. The van der Waals surface area contributed by atoms with Crippen LogP contribution in [0.15, 0.2) is 97.2 Å². The highest BCUT2D eigenvalue weighted by molar-refractivity contribution is 5.70. The molecule has 0 spiro atoms. The van der Waals surface area contributed by atoms with Crippen LogP contribution < -0.4 is 0 Å². The van der Waals surface area contributed by atoms with E-state index in [0.29, 0.717) is 19.4 Å². The molecule has 0 aromatic heterocycles. The second-order valence-corrected chi connectivity index (χ2v) is 19.5. The van der Waals surface area contributed by atoms with E-state index < -0.39 is 6.10 Å². The predicted molar refractivity (Wildman–Crippen MR) is 306 cm³/mol. The minimum atomic E-state index is -0.557. The van der Waals surface area contributed by atoms with Gasteiger partial charge in [-0.25, -0.2) is 0 Å². The second kappa shape index (κ2) is 60.1. The number of carbonyl (C=O) groups excluding carboxylic acids is 2. The monoisotopic (exact) mass is 973 g/mol. The summed E-state index contributed by atoms with van der Waals surface area (Å²) < 4.78 is 17.5. The van der Waals surface area contributed by atoms with E-state index in [1.165, 1.54) is 148 Å². The fraction of sp³-hybridized carbons (Fsp3) is 0.723. The van der Waals surface area contributed by atoms with Crippen LogP contribution in [0.2, 0.25) is 0 Å². The molecule has 1 atom stereocenters. The second-order valence-electron chi connectivity index (χ2n) is 19.5. The minimum Gasteiger partial charge on any atom is -0.462 e. The fourth-order valence-electron chi connectivity index (χ4n) is 8.15. The Bertz CT molecular complexity index is 1330. The number of esters is 2. The Morgan fingerprint density at radius 1 is 0.329 bits per heavy atom. The van der Waals surface area contributed by atoms with Crippen LogP contribution in [-0.4, -0.2) is 37.9 Å². The Balaban J connectivity index is 4.33. The number of rotatable bonds is 54. The minimum absolute atomic E-state index is 0.0678. The zero-order valence-electron chi connectivity index (χ0n) is 46.3. The summed E-state index contributed by atoms with van der Waals surface area (Å²) in [4.78, 5) is 25.6. The van der Waals surface area contributed by atoms with Crippen LogP contribution in [0, 0.1) is 0 Å². The number of carbonyl (C=O) groups is 2. The van der Waals surface area contributed by atoms with Gasteiger partial charge in [-0.15, -0.1) is 0 Å². The Kier molecular flexibility index (Phi) is 57.4. The third-order valence-electron chi connectivity index (χ3n) is 12.6. The molecule has 5 nitrogen and oxygen atoms in total. The van der Waals surface area contributed by atoms with Crippen molar-refractivity contribution in [2.45, 2.75) is 284 Å². The van der Waals surface area contributed by atoms with Crippen molar-refractivity contribution in [1.29, 1.82) is 0 Å². The van der Waals surface area contributed by atoms with E-state index in [1.54, 1.807) is 0 Å². The fourth-order valence-corrected chi connectivity index (χ4v) is 8.15. The van der Waals surface area contributed by atoms with Gasteiger partial charge in [-0.1, -0.05) is 240 Å². The topological polar surface area (TPSA) is 61.8 Å². The molecule has 0 radical (unpaired) electrons. The molecular formula is C65H112O5. The number of ether oxygens (including phenoxy) is 3. The summed E-state index contributed by atoms with van der Waals surface area (Å²) in [7, 11) is 0. The van der Waals surface area contributed by atoms with Crippen LogP contribution in [-0.2, 0) is 23.8 Å². The molecule has 0 aliphatic heterocycles. The summed E-state index contributed by atoms with van der Waals surface area (Å²) in [5.74, 6) is -0.420. The molecule has 0 bridgehead atoms. The lowest BCUT2D eigenvalue weighted by molar-refractivity contribution is -0.163. The smallest absolute Gasteiger partial charge is 0.306 e. The maximum absolute atomic E-state index is 12.9. The van der Waals surface area contributed by atoms with Gasteiger partial charge in [0.25, 0.3) is 0 Å². The third-order valence-corrected chi connectivity index (χ3v) is 12.6. The predicted octanol–water partition coefficient (Wildman–Crippen LogP) is 20.6.